The third kappa shape index (κ3) is 2.97. The molecule has 2 aliphatic rings. The molecule has 4 rings (SSSR count). The second-order valence-corrected chi connectivity index (χ2v) is 7.79. The molecule has 0 radical (unpaired) electrons. The normalized spacial score (nSPS) is 21.2. The van der Waals surface area contributed by atoms with Crippen LogP contribution in [0.15, 0.2) is 12.3 Å². The summed E-state index contributed by atoms with van der Waals surface area (Å²) >= 11 is 0. The Labute approximate surface area is 158 Å². The van der Waals surface area contributed by atoms with Gasteiger partial charge >= 0.3 is 0 Å². The van der Waals surface area contributed by atoms with Crippen molar-refractivity contribution >= 4 is 22.8 Å². The zero-order chi connectivity index (χ0) is 19.3. The molecular formula is C19H26N6O2. The molecule has 2 fully saturated rings. The number of hydrogen-bond donors (Lipinski definition) is 0. The first kappa shape index (κ1) is 17.9. The number of carbonyl (C=O) groups excluding carboxylic acids is 2. The second kappa shape index (κ2) is 6.60. The highest BCUT2D eigenvalue weighted by atomic mass is 16.2. The quantitative estimate of drug-likeness (QED) is 0.786. The fraction of sp³-hybridized carbons (Fsp3) is 0.579. The Hall–Kier alpha value is -2.48. The van der Waals surface area contributed by atoms with E-state index in [1.807, 2.05) is 38.6 Å². The molecule has 144 valence electrons. The van der Waals surface area contributed by atoms with Crippen LogP contribution < -0.4 is 0 Å². The van der Waals surface area contributed by atoms with E-state index < -0.39 is 0 Å². The van der Waals surface area contributed by atoms with E-state index in [1.54, 1.807) is 16.0 Å². The predicted octanol–water partition coefficient (Wildman–Crippen LogP) is 0.919. The van der Waals surface area contributed by atoms with E-state index in [1.165, 1.54) is 0 Å². The lowest BCUT2D eigenvalue weighted by Crippen LogP contribution is -2.64. The summed E-state index contributed by atoms with van der Waals surface area (Å²) in [5, 5.41) is 5.20. The van der Waals surface area contributed by atoms with Crippen molar-refractivity contribution in [3.05, 3.63) is 23.5 Å². The molecule has 0 unspecified atom stereocenters. The molecule has 0 aliphatic carbocycles. The molecule has 4 heterocycles. The Balaban J connectivity index is 1.66. The van der Waals surface area contributed by atoms with E-state index in [0.29, 0.717) is 18.7 Å². The predicted molar refractivity (Wildman–Crippen MR) is 102 cm³/mol. The molecule has 2 amide bonds. The van der Waals surface area contributed by atoms with E-state index in [-0.39, 0.29) is 23.9 Å². The molecule has 0 N–H and O–H groups in total. The summed E-state index contributed by atoms with van der Waals surface area (Å²) < 4.78 is 1.84. The van der Waals surface area contributed by atoms with Crippen LogP contribution in [0.5, 0.6) is 0 Å². The highest BCUT2D eigenvalue weighted by Gasteiger charge is 2.39. The molecule has 2 aromatic rings. The van der Waals surface area contributed by atoms with Crippen LogP contribution >= 0.6 is 0 Å². The molecule has 0 saturated carbocycles. The van der Waals surface area contributed by atoms with E-state index in [4.69, 9.17) is 0 Å². The van der Waals surface area contributed by atoms with Crippen LogP contribution in [0.2, 0.25) is 0 Å². The van der Waals surface area contributed by atoms with Crippen LogP contribution in [-0.2, 0) is 4.79 Å². The average molecular weight is 370 g/mol. The lowest BCUT2D eigenvalue weighted by Gasteiger charge is -2.45. The van der Waals surface area contributed by atoms with E-state index >= 15 is 0 Å². The molecule has 2 aliphatic heterocycles. The maximum absolute atomic E-state index is 13.3. The van der Waals surface area contributed by atoms with Crippen molar-refractivity contribution in [2.75, 3.05) is 39.8 Å². The number of rotatable bonds is 2. The summed E-state index contributed by atoms with van der Waals surface area (Å²) in [6.45, 7) is 9.40. The number of likely N-dealkylation sites (N-methyl/N-ethyl adjacent to an activating group) is 1. The van der Waals surface area contributed by atoms with Gasteiger partial charge in [-0.2, -0.15) is 5.10 Å². The minimum Gasteiger partial charge on any atom is -0.343 e. The summed E-state index contributed by atoms with van der Waals surface area (Å²) in [4.78, 5) is 36.2. The molecule has 0 aromatic carbocycles. The molecule has 0 bridgehead atoms. The van der Waals surface area contributed by atoms with E-state index in [2.05, 4.69) is 15.0 Å². The van der Waals surface area contributed by atoms with Crippen LogP contribution in [0.3, 0.4) is 0 Å². The molecule has 8 heteroatoms. The lowest BCUT2D eigenvalue weighted by molar-refractivity contribution is -0.142. The minimum absolute atomic E-state index is 0.0468. The average Bonchev–Trinajstić information content (AvgIpc) is 3.07. The number of pyridine rings is 1. The lowest BCUT2D eigenvalue weighted by atomic mass is 10.1. The molecule has 27 heavy (non-hydrogen) atoms. The number of carbonyl (C=O) groups is 2. The standard InChI is InChI=1S/C19H26N6O2/c1-12(2)25-17-15(10-20-25)14(9-13(3)21-17)18(26)24-8-7-23-6-5-22(4)19(27)16(23)11-24/h9-10,12,16H,5-8,11H2,1-4H3/t16-/m1/s1. The molecule has 8 nitrogen and oxygen atoms in total. The Bertz CT molecular complexity index is 905. The zero-order valence-corrected chi connectivity index (χ0v) is 16.3. The summed E-state index contributed by atoms with van der Waals surface area (Å²) in [7, 11) is 1.83. The molecular weight excluding hydrogens is 344 g/mol. The topological polar surface area (TPSA) is 74.6 Å². The van der Waals surface area contributed by atoms with Gasteiger partial charge in [0.15, 0.2) is 5.65 Å². The van der Waals surface area contributed by atoms with Gasteiger partial charge in [-0.3, -0.25) is 14.5 Å². The van der Waals surface area contributed by atoms with Crippen LogP contribution in [0.1, 0.15) is 35.9 Å². The number of fused-ring (bicyclic) bond motifs is 2. The maximum atomic E-state index is 13.3. The Morgan fingerprint density at radius 1 is 1.22 bits per heavy atom. The fourth-order valence-corrected chi connectivity index (χ4v) is 4.02. The number of piperazine rings is 2. The third-order valence-electron chi connectivity index (χ3n) is 5.58. The Morgan fingerprint density at radius 2 is 1.96 bits per heavy atom. The largest absolute Gasteiger partial charge is 0.343 e. The van der Waals surface area contributed by atoms with Gasteiger partial charge in [-0.05, 0) is 26.8 Å². The molecule has 2 saturated heterocycles. The van der Waals surface area contributed by atoms with Gasteiger partial charge in [-0.1, -0.05) is 0 Å². The van der Waals surface area contributed by atoms with Gasteiger partial charge < -0.3 is 9.80 Å². The third-order valence-corrected chi connectivity index (χ3v) is 5.58. The smallest absolute Gasteiger partial charge is 0.254 e. The Morgan fingerprint density at radius 3 is 2.70 bits per heavy atom. The monoisotopic (exact) mass is 370 g/mol. The first-order valence-electron chi connectivity index (χ1n) is 9.50. The summed E-state index contributed by atoms with van der Waals surface area (Å²) in [5.41, 5.74) is 2.15. The first-order valence-corrected chi connectivity index (χ1v) is 9.50. The van der Waals surface area contributed by atoms with Gasteiger partial charge in [-0.15, -0.1) is 0 Å². The van der Waals surface area contributed by atoms with Crippen LogP contribution in [-0.4, -0.2) is 87.1 Å². The second-order valence-electron chi connectivity index (χ2n) is 7.79. The summed E-state index contributed by atoms with van der Waals surface area (Å²) in [5.74, 6) is 0.0527. The van der Waals surface area contributed by atoms with Gasteiger partial charge in [0, 0.05) is 51.5 Å². The number of aryl methyl sites for hydroxylation is 1. The number of nitrogens with zero attached hydrogens (tertiary/aromatic N) is 6. The minimum atomic E-state index is -0.238. The number of aromatic nitrogens is 3. The van der Waals surface area contributed by atoms with Crippen molar-refractivity contribution in [3.8, 4) is 0 Å². The first-order chi connectivity index (χ1) is 12.9. The molecule has 1 atom stereocenters. The maximum Gasteiger partial charge on any atom is 0.254 e. The van der Waals surface area contributed by atoms with E-state index in [9.17, 15) is 9.59 Å². The van der Waals surface area contributed by atoms with Crippen molar-refractivity contribution in [2.24, 2.45) is 0 Å². The van der Waals surface area contributed by atoms with Gasteiger partial charge in [0.05, 0.1) is 17.1 Å². The van der Waals surface area contributed by atoms with E-state index in [0.717, 1.165) is 36.4 Å². The van der Waals surface area contributed by atoms with Crippen LogP contribution in [0, 0.1) is 6.92 Å². The highest BCUT2D eigenvalue weighted by Crippen LogP contribution is 2.24. The van der Waals surface area contributed by atoms with Crippen LogP contribution in [0.25, 0.3) is 11.0 Å². The van der Waals surface area contributed by atoms with Crippen molar-refractivity contribution in [1.82, 2.24) is 29.5 Å². The SMILES string of the molecule is Cc1cc(C(=O)N2CCN3CCN(C)C(=O)[C@H]3C2)c2cnn(C(C)C)c2n1. The number of hydrogen-bond acceptors (Lipinski definition) is 5. The van der Waals surface area contributed by atoms with Gasteiger partial charge in [0.1, 0.15) is 6.04 Å². The van der Waals surface area contributed by atoms with Crippen LogP contribution in [0.4, 0.5) is 0 Å². The summed E-state index contributed by atoms with van der Waals surface area (Å²) in [6, 6.07) is 1.76. The van der Waals surface area contributed by atoms with Crippen molar-refractivity contribution in [3.63, 3.8) is 0 Å². The van der Waals surface area contributed by atoms with Crippen molar-refractivity contribution in [1.29, 1.82) is 0 Å². The molecule has 0 spiro atoms. The fourth-order valence-electron chi connectivity index (χ4n) is 4.02. The number of amides is 2. The van der Waals surface area contributed by atoms with Gasteiger partial charge in [0.25, 0.3) is 5.91 Å². The highest BCUT2D eigenvalue weighted by molar-refractivity contribution is 6.05. The summed E-state index contributed by atoms with van der Waals surface area (Å²) in [6.07, 6.45) is 1.73. The van der Waals surface area contributed by atoms with Crippen molar-refractivity contribution in [2.45, 2.75) is 32.9 Å². The van der Waals surface area contributed by atoms with Gasteiger partial charge in [-0.25, -0.2) is 9.67 Å². The zero-order valence-electron chi connectivity index (χ0n) is 16.3. The molecule has 2 aromatic heterocycles. The van der Waals surface area contributed by atoms with Gasteiger partial charge in [0.2, 0.25) is 5.91 Å². The van der Waals surface area contributed by atoms with Crippen molar-refractivity contribution < 1.29 is 9.59 Å². The Kier molecular flexibility index (Phi) is 4.38.